The molecular formula is C14H17N3O2. The highest BCUT2D eigenvalue weighted by Gasteiger charge is 2.09. The van der Waals surface area contributed by atoms with Crippen LogP contribution in [0.1, 0.15) is 17.8 Å². The summed E-state index contributed by atoms with van der Waals surface area (Å²) in [5, 5.41) is 9.69. The summed E-state index contributed by atoms with van der Waals surface area (Å²) in [6, 6.07) is 9.44. The van der Waals surface area contributed by atoms with E-state index in [9.17, 15) is 4.79 Å². The van der Waals surface area contributed by atoms with Gasteiger partial charge in [-0.25, -0.2) is 0 Å². The maximum atomic E-state index is 11.8. The Morgan fingerprint density at radius 3 is 2.68 bits per heavy atom. The fourth-order valence-electron chi connectivity index (χ4n) is 1.72. The van der Waals surface area contributed by atoms with Gasteiger partial charge in [0.1, 0.15) is 5.75 Å². The highest BCUT2D eigenvalue weighted by atomic mass is 16.5. The van der Waals surface area contributed by atoms with Crippen molar-refractivity contribution in [2.24, 2.45) is 0 Å². The second kappa shape index (κ2) is 6.04. The number of nitrogens with one attached hydrogen (secondary N) is 2. The maximum Gasteiger partial charge on any atom is 0.227 e. The highest BCUT2D eigenvalue weighted by molar-refractivity contribution is 5.91. The fourth-order valence-corrected chi connectivity index (χ4v) is 1.72. The van der Waals surface area contributed by atoms with Crippen LogP contribution in [-0.2, 0) is 4.79 Å². The first-order valence-electron chi connectivity index (χ1n) is 6.16. The number of nitrogens with zero attached hydrogens (tertiary/aromatic N) is 1. The summed E-state index contributed by atoms with van der Waals surface area (Å²) in [6.07, 6.45) is 0.305. The van der Waals surface area contributed by atoms with Crippen molar-refractivity contribution in [3.63, 3.8) is 0 Å². The van der Waals surface area contributed by atoms with Gasteiger partial charge in [0.2, 0.25) is 5.91 Å². The Bertz CT molecular complexity index is 530. The average Bonchev–Trinajstić information content (AvgIpc) is 2.72. The first-order valence-corrected chi connectivity index (χ1v) is 6.16. The molecule has 0 unspecified atom stereocenters. The normalized spacial score (nSPS) is 10.2. The molecular weight excluding hydrogens is 242 g/mol. The minimum atomic E-state index is -0.0801. The van der Waals surface area contributed by atoms with Gasteiger partial charge in [-0.15, -0.1) is 0 Å². The summed E-state index contributed by atoms with van der Waals surface area (Å²) in [6.45, 7) is 4.07. The fraction of sp³-hybridized carbons (Fsp3) is 0.286. The monoisotopic (exact) mass is 259 g/mol. The smallest absolute Gasteiger partial charge is 0.227 e. The van der Waals surface area contributed by atoms with Gasteiger partial charge in [-0.3, -0.25) is 9.89 Å². The molecule has 0 atom stereocenters. The zero-order valence-electron chi connectivity index (χ0n) is 11.1. The Morgan fingerprint density at radius 1 is 1.32 bits per heavy atom. The average molecular weight is 259 g/mol. The third-order valence-electron chi connectivity index (χ3n) is 2.73. The number of carbonyl (C=O) groups is 1. The summed E-state index contributed by atoms with van der Waals surface area (Å²) in [7, 11) is 0. The SMILES string of the molecule is Cc1n[nH]c(C)c1NC(=O)CCOc1ccccc1. The number of hydrogen-bond acceptors (Lipinski definition) is 3. The third-order valence-corrected chi connectivity index (χ3v) is 2.73. The van der Waals surface area contributed by atoms with Gasteiger partial charge >= 0.3 is 0 Å². The Morgan fingerprint density at radius 2 is 2.05 bits per heavy atom. The number of anilines is 1. The number of aromatic amines is 1. The molecule has 0 spiro atoms. The first-order chi connectivity index (χ1) is 9.16. The molecule has 1 aromatic carbocycles. The van der Waals surface area contributed by atoms with Gasteiger partial charge in [0.25, 0.3) is 0 Å². The number of H-pyrrole nitrogens is 1. The minimum absolute atomic E-state index is 0.0801. The van der Waals surface area contributed by atoms with E-state index < -0.39 is 0 Å². The molecule has 0 aliphatic carbocycles. The summed E-state index contributed by atoms with van der Waals surface area (Å²) in [5.74, 6) is 0.689. The van der Waals surface area contributed by atoms with Crippen LogP contribution in [0.15, 0.2) is 30.3 Å². The topological polar surface area (TPSA) is 67.0 Å². The van der Waals surface area contributed by atoms with E-state index in [4.69, 9.17) is 4.74 Å². The molecule has 5 nitrogen and oxygen atoms in total. The van der Waals surface area contributed by atoms with Crippen molar-refractivity contribution in [3.8, 4) is 5.75 Å². The largest absolute Gasteiger partial charge is 0.493 e. The first kappa shape index (κ1) is 13.1. The molecule has 1 amide bonds. The lowest BCUT2D eigenvalue weighted by molar-refractivity contribution is -0.116. The third kappa shape index (κ3) is 3.58. The number of carbonyl (C=O) groups excluding carboxylic acids is 1. The van der Waals surface area contributed by atoms with Crippen LogP contribution in [-0.4, -0.2) is 22.7 Å². The van der Waals surface area contributed by atoms with E-state index >= 15 is 0 Å². The van der Waals surface area contributed by atoms with E-state index in [0.29, 0.717) is 13.0 Å². The van der Waals surface area contributed by atoms with Gasteiger partial charge < -0.3 is 10.1 Å². The molecule has 0 fully saturated rings. The van der Waals surface area contributed by atoms with E-state index in [1.165, 1.54) is 0 Å². The molecule has 0 saturated carbocycles. The van der Waals surface area contributed by atoms with E-state index in [2.05, 4.69) is 15.5 Å². The lowest BCUT2D eigenvalue weighted by Crippen LogP contribution is -2.16. The van der Waals surface area contributed by atoms with Crippen molar-refractivity contribution in [1.82, 2.24) is 10.2 Å². The van der Waals surface area contributed by atoms with E-state index in [0.717, 1.165) is 22.8 Å². The van der Waals surface area contributed by atoms with Crippen LogP contribution < -0.4 is 10.1 Å². The lowest BCUT2D eigenvalue weighted by atomic mass is 10.3. The van der Waals surface area contributed by atoms with Crippen molar-refractivity contribution in [2.45, 2.75) is 20.3 Å². The van der Waals surface area contributed by atoms with Crippen molar-refractivity contribution in [2.75, 3.05) is 11.9 Å². The second-order valence-corrected chi connectivity index (χ2v) is 4.27. The van der Waals surface area contributed by atoms with Gasteiger partial charge in [0.05, 0.1) is 30.1 Å². The summed E-state index contributed by atoms with van der Waals surface area (Å²) in [5.41, 5.74) is 2.40. The summed E-state index contributed by atoms with van der Waals surface area (Å²) < 4.78 is 5.47. The molecule has 1 aromatic heterocycles. The van der Waals surface area contributed by atoms with Crippen LogP contribution >= 0.6 is 0 Å². The van der Waals surface area contributed by atoms with Crippen molar-refractivity contribution in [1.29, 1.82) is 0 Å². The van der Waals surface area contributed by atoms with Crippen LogP contribution in [0.3, 0.4) is 0 Å². The van der Waals surface area contributed by atoms with Gasteiger partial charge in [0, 0.05) is 0 Å². The predicted molar refractivity (Wildman–Crippen MR) is 73.2 cm³/mol. The Balaban J connectivity index is 1.79. The highest BCUT2D eigenvalue weighted by Crippen LogP contribution is 2.16. The van der Waals surface area contributed by atoms with Crippen LogP contribution in [0.5, 0.6) is 5.75 Å². The molecule has 0 saturated heterocycles. The van der Waals surface area contributed by atoms with E-state index in [1.807, 2.05) is 44.2 Å². The van der Waals surface area contributed by atoms with Crippen LogP contribution in [0.4, 0.5) is 5.69 Å². The van der Waals surface area contributed by atoms with Gasteiger partial charge in [0.15, 0.2) is 0 Å². The molecule has 1 heterocycles. The number of ether oxygens (including phenoxy) is 1. The van der Waals surface area contributed by atoms with Gasteiger partial charge in [-0.2, -0.15) is 5.10 Å². The minimum Gasteiger partial charge on any atom is -0.493 e. The molecule has 0 radical (unpaired) electrons. The predicted octanol–water partition coefficient (Wildman–Crippen LogP) is 2.43. The quantitative estimate of drug-likeness (QED) is 0.866. The number of amides is 1. The molecule has 0 bridgehead atoms. The molecule has 2 rings (SSSR count). The molecule has 2 aromatic rings. The Labute approximate surface area is 112 Å². The standard InChI is InChI=1S/C14H17N3O2/c1-10-14(11(2)17-16-10)15-13(18)8-9-19-12-6-4-3-5-7-12/h3-7H,8-9H2,1-2H3,(H,15,18)(H,16,17). The molecule has 100 valence electrons. The summed E-state index contributed by atoms with van der Waals surface area (Å²) in [4.78, 5) is 11.8. The zero-order chi connectivity index (χ0) is 13.7. The zero-order valence-corrected chi connectivity index (χ0v) is 11.1. The van der Waals surface area contributed by atoms with Crippen LogP contribution in [0, 0.1) is 13.8 Å². The van der Waals surface area contributed by atoms with Crippen LogP contribution in [0.25, 0.3) is 0 Å². The number of benzene rings is 1. The Hall–Kier alpha value is -2.30. The molecule has 5 heteroatoms. The molecule has 0 aliphatic rings. The molecule has 0 aliphatic heterocycles. The van der Waals surface area contributed by atoms with Gasteiger partial charge in [-0.1, -0.05) is 18.2 Å². The van der Waals surface area contributed by atoms with E-state index in [1.54, 1.807) is 0 Å². The number of rotatable bonds is 5. The number of para-hydroxylation sites is 1. The number of aromatic nitrogens is 2. The van der Waals surface area contributed by atoms with E-state index in [-0.39, 0.29) is 5.91 Å². The second-order valence-electron chi connectivity index (χ2n) is 4.27. The number of aryl methyl sites for hydroxylation is 2. The molecule has 2 N–H and O–H groups in total. The lowest BCUT2D eigenvalue weighted by Gasteiger charge is -2.07. The van der Waals surface area contributed by atoms with Crippen molar-refractivity contribution in [3.05, 3.63) is 41.7 Å². The van der Waals surface area contributed by atoms with Gasteiger partial charge in [-0.05, 0) is 26.0 Å². The van der Waals surface area contributed by atoms with Crippen molar-refractivity contribution < 1.29 is 9.53 Å². The summed E-state index contributed by atoms with van der Waals surface area (Å²) >= 11 is 0. The molecule has 19 heavy (non-hydrogen) atoms. The number of hydrogen-bond donors (Lipinski definition) is 2. The maximum absolute atomic E-state index is 11.8. The van der Waals surface area contributed by atoms with Crippen LogP contribution in [0.2, 0.25) is 0 Å². The Kier molecular flexibility index (Phi) is 4.18. The van der Waals surface area contributed by atoms with Crippen molar-refractivity contribution >= 4 is 11.6 Å².